The van der Waals surface area contributed by atoms with Crippen LogP contribution < -0.4 is 5.73 Å². The number of nitrogens with zero attached hydrogens (tertiary/aromatic N) is 2. The molecule has 0 amide bonds. The second-order valence-electron chi connectivity index (χ2n) is 5.29. The van der Waals surface area contributed by atoms with Gasteiger partial charge >= 0.3 is 0 Å². The standard InChI is InChI=1S/C15H25N3/c1-17(10-5-9-16)15-8-11-18(13-15)12-14-6-3-2-4-7-14/h2-4,6-7,15H,5,8-13,16H2,1H3. The number of benzene rings is 1. The van der Waals surface area contributed by atoms with Crippen molar-refractivity contribution in [2.45, 2.75) is 25.4 Å². The highest BCUT2D eigenvalue weighted by molar-refractivity contribution is 5.14. The van der Waals surface area contributed by atoms with Crippen molar-refractivity contribution in [3.8, 4) is 0 Å². The molecule has 100 valence electrons. The predicted molar refractivity (Wildman–Crippen MR) is 76.4 cm³/mol. The Morgan fingerprint density at radius 1 is 1.33 bits per heavy atom. The van der Waals surface area contributed by atoms with E-state index in [1.807, 2.05) is 0 Å². The van der Waals surface area contributed by atoms with E-state index in [0.717, 1.165) is 26.1 Å². The summed E-state index contributed by atoms with van der Waals surface area (Å²) in [6.45, 7) is 5.41. The molecule has 18 heavy (non-hydrogen) atoms. The molecule has 1 aliphatic rings. The number of likely N-dealkylation sites (tertiary alicyclic amines) is 1. The van der Waals surface area contributed by atoms with Gasteiger partial charge in [-0.05, 0) is 38.5 Å². The first kappa shape index (κ1) is 13.5. The third-order valence-corrected chi connectivity index (χ3v) is 3.83. The number of hydrogen-bond acceptors (Lipinski definition) is 3. The molecule has 0 bridgehead atoms. The van der Waals surface area contributed by atoms with E-state index >= 15 is 0 Å². The zero-order valence-electron chi connectivity index (χ0n) is 11.4. The smallest absolute Gasteiger partial charge is 0.0234 e. The minimum Gasteiger partial charge on any atom is -0.330 e. The molecule has 1 aromatic carbocycles. The predicted octanol–water partition coefficient (Wildman–Crippen LogP) is 1.54. The maximum absolute atomic E-state index is 5.57. The third kappa shape index (κ3) is 3.80. The van der Waals surface area contributed by atoms with Gasteiger partial charge in [-0.2, -0.15) is 0 Å². The Bertz CT molecular complexity index is 339. The summed E-state index contributed by atoms with van der Waals surface area (Å²) in [6.07, 6.45) is 2.39. The van der Waals surface area contributed by atoms with Crippen molar-refractivity contribution >= 4 is 0 Å². The SMILES string of the molecule is CN(CCCN)C1CCN(Cc2ccccc2)C1. The van der Waals surface area contributed by atoms with Crippen LogP contribution in [0.4, 0.5) is 0 Å². The quantitative estimate of drug-likeness (QED) is 0.827. The van der Waals surface area contributed by atoms with Crippen molar-refractivity contribution in [2.75, 3.05) is 33.2 Å². The molecule has 1 aliphatic heterocycles. The van der Waals surface area contributed by atoms with Crippen LogP contribution in [0.2, 0.25) is 0 Å². The van der Waals surface area contributed by atoms with Gasteiger partial charge in [-0.1, -0.05) is 30.3 Å². The molecule has 1 aromatic rings. The summed E-state index contributed by atoms with van der Waals surface area (Å²) in [7, 11) is 2.23. The minimum atomic E-state index is 0.709. The summed E-state index contributed by atoms with van der Waals surface area (Å²) in [5, 5.41) is 0. The first-order valence-corrected chi connectivity index (χ1v) is 6.96. The molecular weight excluding hydrogens is 222 g/mol. The number of nitrogens with two attached hydrogens (primary N) is 1. The van der Waals surface area contributed by atoms with Crippen molar-refractivity contribution in [1.82, 2.24) is 9.80 Å². The highest BCUT2D eigenvalue weighted by Crippen LogP contribution is 2.17. The van der Waals surface area contributed by atoms with Crippen LogP contribution in [-0.2, 0) is 6.54 Å². The van der Waals surface area contributed by atoms with E-state index in [9.17, 15) is 0 Å². The second kappa shape index (κ2) is 6.88. The summed E-state index contributed by atoms with van der Waals surface area (Å²) in [4.78, 5) is 5.02. The van der Waals surface area contributed by atoms with Crippen molar-refractivity contribution in [1.29, 1.82) is 0 Å². The van der Waals surface area contributed by atoms with Crippen molar-refractivity contribution < 1.29 is 0 Å². The summed E-state index contributed by atoms with van der Waals surface area (Å²) in [5.74, 6) is 0. The Morgan fingerprint density at radius 2 is 2.11 bits per heavy atom. The van der Waals surface area contributed by atoms with Crippen LogP contribution in [0.25, 0.3) is 0 Å². The van der Waals surface area contributed by atoms with Gasteiger partial charge < -0.3 is 10.6 Å². The fraction of sp³-hybridized carbons (Fsp3) is 0.600. The average Bonchev–Trinajstić information content (AvgIpc) is 2.86. The van der Waals surface area contributed by atoms with Gasteiger partial charge in [0, 0.05) is 25.7 Å². The molecule has 1 saturated heterocycles. The molecule has 1 fully saturated rings. The topological polar surface area (TPSA) is 32.5 Å². The minimum absolute atomic E-state index is 0.709. The molecule has 3 heteroatoms. The maximum Gasteiger partial charge on any atom is 0.0234 e. The van der Waals surface area contributed by atoms with Gasteiger partial charge in [-0.15, -0.1) is 0 Å². The molecule has 1 heterocycles. The molecule has 2 rings (SSSR count). The van der Waals surface area contributed by atoms with Crippen LogP contribution in [0.15, 0.2) is 30.3 Å². The highest BCUT2D eigenvalue weighted by Gasteiger charge is 2.25. The normalized spacial score (nSPS) is 20.7. The van der Waals surface area contributed by atoms with Gasteiger partial charge in [0.1, 0.15) is 0 Å². The number of hydrogen-bond donors (Lipinski definition) is 1. The Morgan fingerprint density at radius 3 is 2.83 bits per heavy atom. The van der Waals surface area contributed by atoms with Gasteiger partial charge in [0.05, 0.1) is 0 Å². The van der Waals surface area contributed by atoms with Gasteiger partial charge in [-0.25, -0.2) is 0 Å². The van der Waals surface area contributed by atoms with Crippen molar-refractivity contribution in [2.24, 2.45) is 5.73 Å². The Kier molecular flexibility index (Phi) is 5.17. The maximum atomic E-state index is 5.57. The molecular formula is C15H25N3. The van der Waals surface area contributed by atoms with Crippen LogP contribution >= 0.6 is 0 Å². The average molecular weight is 247 g/mol. The number of likely N-dealkylation sites (N-methyl/N-ethyl adjacent to an activating group) is 1. The monoisotopic (exact) mass is 247 g/mol. The first-order chi connectivity index (χ1) is 8.79. The molecule has 2 N–H and O–H groups in total. The molecule has 1 unspecified atom stereocenters. The fourth-order valence-electron chi connectivity index (χ4n) is 2.68. The second-order valence-corrected chi connectivity index (χ2v) is 5.29. The van der Waals surface area contributed by atoms with Crippen LogP contribution in [0.3, 0.4) is 0 Å². The lowest BCUT2D eigenvalue weighted by Gasteiger charge is -2.24. The first-order valence-electron chi connectivity index (χ1n) is 6.96. The lowest BCUT2D eigenvalue weighted by Crippen LogP contribution is -2.35. The van der Waals surface area contributed by atoms with Crippen LogP contribution in [0, 0.1) is 0 Å². The van der Waals surface area contributed by atoms with Gasteiger partial charge in [0.2, 0.25) is 0 Å². The third-order valence-electron chi connectivity index (χ3n) is 3.83. The lowest BCUT2D eigenvalue weighted by molar-refractivity contribution is 0.228. The molecule has 0 aliphatic carbocycles. The van der Waals surface area contributed by atoms with Gasteiger partial charge in [0.15, 0.2) is 0 Å². The van der Waals surface area contributed by atoms with Crippen LogP contribution in [-0.4, -0.2) is 49.1 Å². The van der Waals surface area contributed by atoms with Gasteiger partial charge in [-0.3, -0.25) is 4.90 Å². The van der Waals surface area contributed by atoms with E-state index in [1.54, 1.807) is 0 Å². The molecule has 0 aromatic heterocycles. The van der Waals surface area contributed by atoms with Crippen LogP contribution in [0.1, 0.15) is 18.4 Å². The van der Waals surface area contributed by atoms with E-state index < -0.39 is 0 Å². The van der Waals surface area contributed by atoms with Crippen LogP contribution in [0.5, 0.6) is 0 Å². The van der Waals surface area contributed by atoms with E-state index in [4.69, 9.17) is 5.73 Å². The lowest BCUT2D eigenvalue weighted by atomic mass is 10.2. The molecule has 0 saturated carbocycles. The molecule has 3 nitrogen and oxygen atoms in total. The summed E-state index contributed by atoms with van der Waals surface area (Å²) in [6, 6.07) is 11.5. The van der Waals surface area contributed by atoms with E-state index in [1.165, 1.54) is 25.1 Å². The van der Waals surface area contributed by atoms with Crippen molar-refractivity contribution in [3.05, 3.63) is 35.9 Å². The van der Waals surface area contributed by atoms with E-state index in [2.05, 4.69) is 47.2 Å². The zero-order chi connectivity index (χ0) is 12.8. The summed E-state index contributed by atoms with van der Waals surface area (Å²) < 4.78 is 0. The summed E-state index contributed by atoms with van der Waals surface area (Å²) >= 11 is 0. The number of rotatable bonds is 6. The van der Waals surface area contributed by atoms with E-state index in [0.29, 0.717) is 6.04 Å². The zero-order valence-corrected chi connectivity index (χ0v) is 11.4. The Balaban J connectivity index is 1.78. The Labute approximate surface area is 111 Å². The molecule has 0 radical (unpaired) electrons. The van der Waals surface area contributed by atoms with E-state index in [-0.39, 0.29) is 0 Å². The highest BCUT2D eigenvalue weighted by atomic mass is 15.2. The fourth-order valence-corrected chi connectivity index (χ4v) is 2.68. The Hall–Kier alpha value is -0.900. The van der Waals surface area contributed by atoms with Gasteiger partial charge in [0.25, 0.3) is 0 Å². The summed E-state index contributed by atoms with van der Waals surface area (Å²) in [5.41, 5.74) is 6.99. The molecule has 1 atom stereocenters. The largest absolute Gasteiger partial charge is 0.330 e. The molecule has 0 spiro atoms. The van der Waals surface area contributed by atoms with Crippen molar-refractivity contribution in [3.63, 3.8) is 0 Å².